The summed E-state index contributed by atoms with van der Waals surface area (Å²) in [6.07, 6.45) is 0. The summed E-state index contributed by atoms with van der Waals surface area (Å²) in [5.74, 6) is 1.20. The maximum Gasteiger partial charge on any atom is 0.373 e. The Hall–Kier alpha value is -3.00. The van der Waals surface area contributed by atoms with E-state index < -0.39 is 5.97 Å². The van der Waals surface area contributed by atoms with Crippen molar-refractivity contribution >= 4 is 17.6 Å². The van der Waals surface area contributed by atoms with Gasteiger partial charge in [0.1, 0.15) is 5.76 Å². The summed E-state index contributed by atoms with van der Waals surface area (Å²) in [5, 5.41) is 2.84. The highest BCUT2D eigenvalue weighted by atomic mass is 16.5. The van der Waals surface area contributed by atoms with Crippen molar-refractivity contribution < 1.29 is 28.2 Å². The molecule has 2 aromatic rings. The fourth-order valence-electron chi connectivity index (χ4n) is 2.57. The molecule has 1 aromatic carbocycles. The first-order valence-corrected chi connectivity index (χ1v) is 9.01. The van der Waals surface area contributed by atoms with Crippen LogP contribution in [0.25, 0.3) is 0 Å². The van der Waals surface area contributed by atoms with Gasteiger partial charge in [0.25, 0.3) is 0 Å². The number of anilines is 1. The molecule has 8 heteroatoms. The van der Waals surface area contributed by atoms with E-state index in [4.69, 9.17) is 13.9 Å². The van der Waals surface area contributed by atoms with Crippen LogP contribution in [0.4, 0.5) is 5.69 Å². The minimum Gasteiger partial charge on any atom is -0.490 e. The molecule has 0 aliphatic carbocycles. The van der Waals surface area contributed by atoms with Crippen LogP contribution in [0.5, 0.6) is 11.5 Å². The van der Waals surface area contributed by atoms with Crippen LogP contribution in [0, 0.1) is 0 Å². The Morgan fingerprint density at radius 3 is 2.46 bits per heavy atom. The van der Waals surface area contributed by atoms with E-state index in [1.807, 2.05) is 13.8 Å². The lowest BCUT2D eigenvalue weighted by Crippen LogP contribution is -2.29. The highest BCUT2D eigenvalue weighted by molar-refractivity contribution is 5.92. The average molecular weight is 390 g/mol. The standard InChI is InChI=1S/C20H26N2O6/c1-5-26-16-9-7-14(11-18(16)27-6-2)21-19(23)13-22(3)12-15-8-10-17(28-15)20(24)25-4/h7-11H,5-6,12-13H2,1-4H3,(H,21,23). The van der Waals surface area contributed by atoms with Gasteiger partial charge in [-0.2, -0.15) is 0 Å². The molecule has 1 aromatic heterocycles. The monoisotopic (exact) mass is 390 g/mol. The number of carbonyl (C=O) groups is 2. The van der Waals surface area contributed by atoms with Gasteiger partial charge in [-0.1, -0.05) is 0 Å². The second-order valence-electron chi connectivity index (χ2n) is 6.01. The lowest BCUT2D eigenvalue weighted by atomic mass is 10.2. The second kappa shape index (κ2) is 10.4. The Bertz CT molecular complexity index is 802. The molecule has 152 valence electrons. The Morgan fingerprint density at radius 2 is 1.79 bits per heavy atom. The van der Waals surface area contributed by atoms with E-state index in [0.29, 0.717) is 42.7 Å². The van der Waals surface area contributed by atoms with Gasteiger partial charge in [0.15, 0.2) is 11.5 Å². The number of likely N-dealkylation sites (N-methyl/N-ethyl adjacent to an activating group) is 1. The maximum absolute atomic E-state index is 12.3. The molecule has 1 amide bonds. The average Bonchev–Trinajstić information content (AvgIpc) is 3.11. The van der Waals surface area contributed by atoms with Crippen LogP contribution in [0.1, 0.15) is 30.2 Å². The molecular weight excluding hydrogens is 364 g/mol. The molecular formula is C20H26N2O6. The molecule has 0 spiro atoms. The SMILES string of the molecule is CCOc1ccc(NC(=O)CN(C)Cc2ccc(C(=O)OC)o2)cc1OCC. The Morgan fingerprint density at radius 1 is 1.07 bits per heavy atom. The van der Waals surface area contributed by atoms with E-state index in [9.17, 15) is 9.59 Å². The smallest absolute Gasteiger partial charge is 0.373 e. The van der Waals surface area contributed by atoms with Gasteiger partial charge in [-0.15, -0.1) is 0 Å². The number of methoxy groups -OCH3 is 1. The van der Waals surface area contributed by atoms with Crippen LogP contribution in [-0.4, -0.2) is 50.7 Å². The summed E-state index contributed by atoms with van der Waals surface area (Å²) in [7, 11) is 3.07. The van der Waals surface area contributed by atoms with E-state index in [1.54, 1.807) is 42.3 Å². The van der Waals surface area contributed by atoms with Crippen molar-refractivity contribution in [1.82, 2.24) is 4.90 Å². The third-order valence-corrected chi connectivity index (χ3v) is 3.71. The molecule has 0 radical (unpaired) electrons. The molecule has 1 heterocycles. The summed E-state index contributed by atoms with van der Waals surface area (Å²) in [4.78, 5) is 25.5. The highest BCUT2D eigenvalue weighted by Crippen LogP contribution is 2.30. The first-order valence-electron chi connectivity index (χ1n) is 9.01. The Kier molecular flexibility index (Phi) is 7.88. The lowest BCUT2D eigenvalue weighted by molar-refractivity contribution is -0.117. The van der Waals surface area contributed by atoms with E-state index in [0.717, 1.165) is 0 Å². The highest BCUT2D eigenvalue weighted by Gasteiger charge is 2.14. The van der Waals surface area contributed by atoms with Crippen molar-refractivity contribution in [2.75, 3.05) is 39.2 Å². The molecule has 0 fully saturated rings. The molecule has 8 nitrogen and oxygen atoms in total. The molecule has 0 saturated carbocycles. The molecule has 1 N–H and O–H groups in total. The molecule has 28 heavy (non-hydrogen) atoms. The van der Waals surface area contributed by atoms with E-state index in [2.05, 4.69) is 10.1 Å². The molecule has 2 rings (SSSR count). The number of hydrogen-bond acceptors (Lipinski definition) is 7. The Labute approximate surface area is 164 Å². The zero-order chi connectivity index (χ0) is 20.5. The number of esters is 1. The number of rotatable bonds is 10. The zero-order valence-corrected chi connectivity index (χ0v) is 16.6. The first kappa shape index (κ1) is 21.3. The second-order valence-corrected chi connectivity index (χ2v) is 6.01. The third-order valence-electron chi connectivity index (χ3n) is 3.71. The van der Waals surface area contributed by atoms with Crippen molar-refractivity contribution in [2.45, 2.75) is 20.4 Å². The van der Waals surface area contributed by atoms with Crippen molar-refractivity contribution in [2.24, 2.45) is 0 Å². The number of amides is 1. The molecule has 0 atom stereocenters. The summed E-state index contributed by atoms with van der Waals surface area (Å²) in [6.45, 7) is 5.33. The van der Waals surface area contributed by atoms with Crippen LogP contribution in [0.2, 0.25) is 0 Å². The minimum atomic E-state index is -0.535. The van der Waals surface area contributed by atoms with Crippen LogP contribution in [-0.2, 0) is 16.1 Å². The van der Waals surface area contributed by atoms with Crippen molar-refractivity contribution in [3.8, 4) is 11.5 Å². The van der Waals surface area contributed by atoms with Crippen LogP contribution >= 0.6 is 0 Å². The van der Waals surface area contributed by atoms with Gasteiger partial charge >= 0.3 is 5.97 Å². The van der Waals surface area contributed by atoms with E-state index >= 15 is 0 Å². The third kappa shape index (κ3) is 6.02. The predicted octanol–water partition coefficient (Wildman–Crippen LogP) is 2.93. The number of ether oxygens (including phenoxy) is 3. The van der Waals surface area contributed by atoms with Crippen LogP contribution in [0.3, 0.4) is 0 Å². The summed E-state index contributed by atoms with van der Waals surface area (Å²) < 4.78 is 21.1. The zero-order valence-electron chi connectivity index (χ0n) is 16.6. The molecule has 0 aliphatic rings. The molecule has 0 bridgehead atoms. The fraction of sp³-hybridized carbons (Fsp3) is 0.400. The van der Waals surface area contributed by atoms with Crippen molar-refractivity contribution in [3.63, 3.8) is 0 Å². The lowest BCUT2D eigenvalue weighted by Gasteiger charge is -2.16. The summed E-state index contributed by atoms with van der Waals surface area (Å²) >= 11 is 0. The number of nitrogens with one attached hydrogen (secondary N) is 1. The molecule has 0 unspecified atom stereocenters. The topological polar surface area (TPSA) is 90.2 Å². The number of furan rings is 1. The normalized spacial score (nSPS) is 10.6. The number of hydrogen-bond donors (Lipinski definition) is 1. The van der Waals surface area contributed by atoms with Gasteiger partial charge < -0.3 is 23.9 Å². The van der Waals surface area contributed by atoms with Gasteiger partial charge in [-0.05, 0) is 45.2 Å². The number of nitrogens with zero attached hydrogens (tertiary/aromatic N) is 1. The van der Waals surface area contributed by atoms with Gasteiger partial charge in [-0.25, -0.2) is 4.79 Å². The van der Waals surface area contributed by atoms with E-state index in [-0.39, 0.29) is 18.2 Å². The van der Waals surface area contributed by atoms with Gasteiger partial charge in [0.2, 0.25) is 11.7 Å². The summed E-state index contributed by atoms with van der Waals surface area (Å²) in [5.41, 5.74) is 0.622. The number of benzene rings is 1. The van der Waals surface area contributed by atoms with Gasteiger partial charge in [0.05, 0.1) is 33.4 Å². The van der Waals surface area contributed by atoms with Gasteiger partial charge in [-0.3, -0.25) is 9.69 Å². The van der Waals surface area contributed by atoms with Crippen LogP contribution < -0.4 is 14.8 Å². The van der Waals surface area contributed by atoms with E-state index in [1.165, 1.54) is 7.11 Å². The van der Waals surface area contributed by atoms with Crippen molar-refractivity contribution in [1.29, 1.82) is 0 Å². The summed E-state index contributed by atoms with van der Waals surface area (Å²) in [6, 6.07) is 8.50. The molecule has 0 aliphatic heterocycles. The minimum absolute atomic E-state index is 0.133. The first-order chi connectivity index (χ1) is 13.5. The fourth-order valence-corrected chi connectivity index (χ4v) is 2.57. The maximum atomic E-state index is 12.3. The van der Waals surface area contributed by atoms with Crippen LogP contribution in [0.15, 0.2) is 34.7 Å². The predicted molar refractivity (Wildman–Crippen MR) is 104 cm³/mol. The Balaban J connectivity index is 1.93. The largest absolute Gasteiger partial charge is 0.490 e. The quantitative estimate of drug-likeness (QED) is 0.624. The molecule has 0 saturated heterocycles. The van der Waals surface area contributed by atoms with Crippen molar-refractivity contribution in [3.05, 3.63) is 41.9 Å². The number of carbonyl (C=O) groups excluding carboxylic acids is 2. The van der Waals surface area contributed by atoms with Gasteiger partial charge in [0, 0.05) is 11.8 Å².